The molecule has 1 atom stereocenters. The van der Waals surface area contributed by atoms with E-state index in [-0.39, 0.29) is 6.10 Å². The molecule has 0 amide bonds. The second-order valence-electron chi connectivity index (χ2n) is 6.58. The van der Waals surface area contributed by atoms with Crippen molar-refractivity contribution >= 4 is 16.6 Å². The summed E-state index contributed by atoms with van der Waals surface area (Å²) in [5.74, 6) is 1.78. The molecule has 27 heavy (non-hydrogen) atoms. The lowest BCUT2D eigenvalue weighted by Gasteiger charge is -2.34. The second-order valence-corrected chi connectivity index (χ2v) is 6.58. The minimum Gasteiger partial charge on any atom is -0.497 e. The summed E-state index contributed by atoms with van der Waals surface area (Å²) in [4.78, 5) is 10.9. The van der Waals surface area contributed by atoms with Gasteiger partial charge in [-0.05, 0) is 34.5 Å². The molecular weight excluding hydrogens is 342 g/mol. The standard InChI is InChI=1S/C21H23N3O3/c1-25-13-18-11-21(23-14-22-18)24-7-8-27-20(12-24)17-4-3-16-10-19(26-2)6-5-15(16)9-17/h3-6,9-11,14,20H,7-8,12-13H2,1-2H3. The zero-order chi connectivity index (χ0) is 18.6. The molecule has 2 aromatic carbocycles. The average molecular weight is 365 g/mol. The van der Waals surface area contributed by atoms with Crippen LogP contribution in [-0.2, 0) is 16.1 Å². The molecule has 0 saturated carbocycles. The molecule has 1 aliphatic heterocycles. The number of rotatable bonds is 5. The number of anilines is 1. The van der Waals surface area contributed by atoms with Gasteiger partial charge in [-0.1, -0.05) is 18.2 Å². The second kappa shape index (κ2) is 7.90. The third kappa shape index (κ3) is 3.86. The molecule has 4 rings (SSSR count). The Hall–Kier alpha value is -2.70. The normalized spacial score (nSPS) is 17.3. The number of nitrogens with zero attached hydrogens (tertiary/aromatic N) is 3. The largest absolute Gasteiger partial charge is 0.497 e. The summed E-state index contributed by atoms with van der Waals surface area (Å²) in [6.45, 7) is 2.71. The van der Waals surface area contributed by atoms with Crippen molar-refractivity contribution in [3.8, 4) is 5.75 Å². The van der Waals surface area contributed by atoms with Gasteiger partial charge >= 0.3 is 0 Å². The van der Waals surface area contributed by atoms with Crippen molar-refractivity contribution in [3.05, 3.63) is 60.0 Å². The lowest BCUT2D eigenvalue weighted by molar-refractivity contribution is 0.0396. The molecule has 1 unspecified atom stereocenters. The molecule has 6 heteroatoms. The summed E-state index contributed by atoms with van der Waals surface area (Å²) in [7, 11) is 3.35. The predicted molar refractivity (Wildman–Crippen MR) is 104 cm³/mol. The summed E-state index contributed by atoms with van der Waals surface area (Å²) in [6, 6.07) is 14.5. The highest BCUT2D eigenvalue weighted by atomic mass is 16.5. The van der Waals surface area contributed by atoms with E-state index in [9.17, 15) is 0 Å². The van der Waals surface area contributed by atoms with Gasteiger partial charge in [0.1, 0.15) is 24.0 Å². The van der Waals surface area contributed by atoms with Gasteiger partial charge in [0, 0.05) is 26.3 Å². The van der Waals surface area contributed by atoms with Crippen molar-refractivity contribution in [3.63, 3.8) is 0 Å². The fourth-order valence-corrected chi connectivity index (χ4v) is 3.41. The molecule has 1 saturated heterocycles. The quantitative estimate of drug-likeness (QED) is 0.691. The maximum Gasteiger partial charge on any atom is 0.132 e. The monoisotopic (exact) mass is 365 g/mol. The van der Waals surface area contributed by atoms with Crippen LogP contribution in [-0.4, -0.2) is 43.9 Å². The number of aromatic nitrogens is 2. The molecule has 0 radical (unpaired) electrons. The van der Waals surface area contributed by atoms with Gasteiger partial charge in [-0.2, -0.15) is 0 Å². The lowest BCUT2D eigenvalue weighted by Crippen LogP contribution is -2.39. The van der Waals surface area contributed by atoms with Crippen LogP contribution in [0.1, 0.15) is 17.4 Å². The van der Waals surface area contributed by atoms with Crippen molar-refractivity contribution in [1.29, 1.82) is 0 Å². The smallest absolute Gasteiger partial charge is 0.132 e. The van der Waals surface area contributed by atoms with Crippen LogP contribution in [0.3, 0.4) is 0 Å². The number of hydrogen-bond acceptors (Lipinski definition) is 6. The molecule has 0 aliphatic carbocycles. The number of hydrogen-bond donors (Lipinski definition) is 0. The molecule has 1 aromatic heterocycles. The summed E-state index contributed by atoms with van der Waals surface area (Å²) >= 11 is 0. The van der Waals surface area contributed by atoms with E-state index in [4.69, 9.17) is 14.2 Å². The molecule has 0 N–H and O–H groups in total. The van der Waals surface area contributed by atoms with Crippen LogP contribution in [0.15, 0.2) is 48.8 Å². The predicted octanol–water partition coefficient (Wildman–Crippen LogP) is 3.36. The molecule has 2 heterocycles. The van der Waals surface area contributed by atoms with Gasteiger partial charge in [0.15, 0.2) is 0 Å². The first kappa shape index (κ1) is 17.7. The Morgan fingerprint density at radius 3 is 2.78 bits per heavy atom. The van der Waals surface area contributed by atoms with Crippen LogP contribution in [0.2, 0.25) is 0 Å². The Balaban J connectivity index is 1.56. The highest BCUT2D eigenvalue weighted by molar-refractivity contribution is 5.84. The van der Waals surface area contributed by atoms with Crippen LogP contribution < -0.4 is 9.64 Å². The molecule has 1 aliphatic rings. The fourth-order valence-electron chi connectivity index (χ4n) is 3.41. The number of methoxy groups -OCH3 is 2. The average Bonchev–Trinajstić information content (AvgIpc) is 2.73. The van der Waals surface area contributed by atoms with Gasteiger partial charge in [-0.25, -0.2) is 9.97 Å². The highest BCUT2D eigenvalue weighted by Gasteiger charge is 2.23. The molecule has 6 nitrogen and oxygen atoms in total. The van der Waals surface area contributed by atoms with Crippen molar-refractivity contribution < 1.29 is 14.2 Å². The van der Waals surface area contributed by atoms with Gasteiger partial charge in [0.25, 0.3) is 0 Å². The number of fused-ring (bicyclic) bond motifs is 1. The van der Waals surface area contributed by atoms with Gasteiger partial charge in [0.2, 0.25) is 0 Å². The highest BCUT2D eigenvalue weighted by Crippen LogP contribution is 2.29. The Labute approximate surface area is 158 Å². The molecule has 140 valence electrons. The molecule has 0 spiro atoms. The number of morpholine rings is 1. The van der Waals surface area contributed by atoms with E-state index in [0.717, 1.165) is 35.7 Å². The van der Waals surface area contributed by atoms with E-state index < -0.39 is 0 Å². The van der Waals surface area contributed by atoms with Gasteiger partial charge in [-0.3, -0.25) is 0 Å². The van der Waals surface area contributed by atoms with Crippen LogP contribution >= 0.6 is 0 Å². The summed E-state index contributed by atoms with van der Waals surface area (Å²) < 4.78 is 16.5. The molecule has 3 aromatic rings. The maximum atomic E-state index is 6.05. The Morgan fingerprint density at radius 1 is 1.07 bits per heavy atom. The fraction of sp³-hybridized carbons (Fsp3) is 0.333. The van der Waals surface area contributed by atoms with E-state index in [0.29, 0.717) is 13.2 Å². The Bertz CT molecular complexity index is 931. The van der Waals surface area contributed by atoms with Crippen molar-refractivity contribution in [2.75, 3.05) is 38.8 Å². The van der Waals surface area contributed by atoms with Crippen molar-refractivity contribution in [2.24, 2.45) is 0 Å². The van der Waals surface area contributed by atoms with E-state index in [1.165, 1.54) is 10.9 Å². The van der Waals surface area contributed by atoms with E-state index in [1.807, 2.05) is 18.2 Å². The van der Waals surface area contributed by atoms with E-state index in [1.54, 1.807) is 20.5 Å². The Morgan fingerprint density at radius 2 is 1.93 bits per heavy atom. The minimum atomic E-state index is 0.00564. The van der Waals surface area contributed by atoms with Crippen LogP contribution in [0, 0.1) is 0 Å². The molecule has 1 fully saturated rings. The third-order valence-electron chi connectivity index (χ3n) is 4.84. The first-order chi connectivity index (χ1) is 13.3. The maximum absolute atomic E-state index is 6.05. The summed E-state index contributed by atoms with van der Waals surface area (Å²) in [6.07, 6.45) is 1.60. The zero-order valence-corrected chi connectivity index (χ0v) is 15.6. The third-order valence-corrected chi connectivity index (χ3v) is 4.84. The number of ether oxygens (including phenoxy) is 3. The van der Waals surface area contributed by atoms with Crippen LogP contribution in [0.4, 0.5) is 5.82 Å². The molecular formula is C21H23N3O3. The van der Waals surface area contributed by atoms with Crippen molar-refractivity contribution in [1.82, 2.24) is 9.97 Å². The van der Waals surface area contributed by atoms with E-state index in [2.05, 4.69) is 39.1 Å². The SMILES string of the molecule is COCc1cc(N2CCOC(c3ccc4cc(OC)ccc4c3)C2)ncn1. The lowest BCUT2D eigenvalue weighted by atomic mass is 10.0. The van der Waals surface area contributed by atoms with Gasteiger partial charge in [0.05, 0.1) is 26.0 Å². The molecule has 0 bridgehead atoms. The first-order valence-corrected chi connectivity index (χ1v) is 9.01. The van der Waals surface area contributed by atoms with Gasteiger partial charge in [-0.15, -0.1) is 0 Å². The van der Waals surface area contributed by atoms with Crippen LogP contribution in [0.5, 0.6) is 5.75 Å². The van der Waals surface area contributed by atoms with Gasteiger partial charge < -0.3 is 19.1 Å². The minimum absolute atomic E-state index is 0.00564. The Kier molecular flexibility index (Phi) is 5.18. The van der Waals surface area contributed by atoms with Crippen LogP contribution in [0.25, 0.3) is 10.8 Å². The topological polar surface area (TPSA) is 56.7 Å². The van der Waals surface area contributed by atoms with Crippen molar-refractivity contribution in [2.45, 2.75) is 12.7 Å². The zero-order valence-electron chi connectivity index (χ0n) is 15.6. The summed E-state index contributed by atoms with van der Waals surface area (Å²) in [5, 5.41) is 2.34. The number of benzene rings is 2. The first-order valence-electron chi connectivity index (χ1n) is 9.01. The van der Waals surface area contributed by atoms with E-state index >= 15 is 0 Å². The summed E-state index contributed by atoms with van der Waals surface area (Å²) in [5.41, 5.74) is 2.05.